The Morgan fingerprint density at radius 1 is 0.567 bits per heavy atom. The Hall–Kier alpha value is -2.13. The van der Waals surface area contributed by atoms with E-state index in [1.54, 1.807) is 0 Å². The smallest absolute Gasteiger partial charge is 0.336 e. The first-order chi connectivity index (χ1) is 14.3. The molecule has 12 nitrogen and oxygen atoms in total. The van der Waals surface area contributed by atoms with Gasteiger partial charge in [-0.2, -0.15) is 37.9 Å². The number of thiol groups is 3. The van der Waals surface area contributed by atoms with Crippen molar-refractivity contribution < 1.29 is 28.6 Å². The van der Waals surface area contributed by atoms with Gasteiger partial charge in [-0.25, -0.2) is 28.1 Å². The number of carbonyl (C=O) groups excluding carboxylic acids is 3. The van der Waals surface area contributed by atoms with E-state index in [0.29, 0.717) is 13.7 Å². The molecule has 0 atom stereocenters. The van der Waals surface area contributed by atoms with Gasteiger partial charge in [-0.3, -0.25) is 14.4 Å². The van der Waals surface area contributed by atoms with E-state index >= 15 is 0 Å². The average Bonchev–Trinajstić information content (AvgIpc) is 2.74. The van der Waals surface area contributed by atoms with E-state index in [1.165, 1.54) is 0 Å². The van der Waals surface area contributed by atoms with Crippen LogP contribution in [0.4, 0.5) is 0 Å². The predicted octanol–water partition coefficient (Wildman–Crippen LogP) is -2.41. The minimum Gasteiger partial charge on any atom is -0.463 e. The fraction of sp³-hybridized carbons (Fsp3) is 0.600. The van der Waals surface area contributed by atoms with Crippen LogP contribution in [0, 0.1) is 0 Å². The highest BCUT2D eigenvalue weighted by atomic mass is 32.1. The van der Waals surface area contributed by atoms with Crippen molar-refractivity contribution in [2.24, 2.45) is 0 Å². The lowest BCUT2D eigenvalue weighted by molar-refractivity contribution is -0.141. The molecule has 1 rings (SSSR count). The van der Waals surface area contributed by atoms with Crippen molar-refractivity contribution in [1.29, 1.82) is 0 Å². The molecule has 0 bridgehead atoms. The molecule has 0 spiro atoms. The number of nitrogens with zero attached hydrogens (tertiary/aromatic N) is 3. The molecule has 0 aliphatic heterocycles. The highest BCUT2D eigenvalue weighted by molar-refractivity contribution is 7.81. The molecular formula is C15H21N3O9S3. The van der Waals surface area contributed by atoms with Crippen LogP contribution in [0.5, 0.6) is 0 Å². The normalized spacial score (nSPS) is 10.5. The van der Waals surface area contributed by atoms with E-state index in [4.69, 9.17) is 14.2 Å². The summed E-state index contributed by atoms with van der Waals surface area (Å²) in [6, 6.07) is 0. The number of esters is 3. The molecule has 0 aliphatic rings. The van der Waals surface area contributed by atoms with Crippen LogP contribution in [-0.2, 0) is 48.2 Å². The number of aromatic nitrogens is 3. The minimum atomic E-state index is -0.975. The molecule has 0 aliphatic carbocycles. The lowest BCUT2D eigenvalue weighted by Crippen LogP contribution is -2.55. The molecule has 0 fully saturated rings. The monoisotopic (exact) mass is 483 g/mol. The molecule has 0 amide bonds. The molecule has 1 aromatic rings. The van der Waals surface area contributed by atoms with E-state index < -0.39 is 35.0 Å². The standard InChI is InChI=1S/C15H21N3O9S3/c19-10(7-28)25-4-1-16-13(22)17(2-5-26-11(20)8-29)15(24)18(14(16)23)3-6-27-12(21)9-30/h28-30H,1-9H2. The highest BCUT2D eigenvalue weighted by Gasteiger charge is 2.16. The van der Waals surface area contributed by atoms with Crippen molar-refractivity contribution in [3.05, 3.63) is 31.5 Å². The lowest BCUT2D eigenvalue weighted by Gasteiger charge is -2.14. The highest BCUT2D eigenvalue weighted by Crippen LogP contribution is 1.88. The Bertz CT molecular complexity index is 789. The molecule has 0 unspecified atom stereocenters. The largest absolute Gasteiger partial charge is 0.463 e. The molecule has 168 valence electrons. The Morgan fingerprint density at radius 2 is 0.800 bits per heavy atom. The Kier molecular flexibility index (Phi) is 11.4. The van der Waals surface area contributed by atoms with Gasteiger partial charge in [-0.1, -0.05) is 0 Å². The van der Waals surface area contributed by atoms with E-state index in [9.17, 15) is 28.8 Å². The van der Waals surface area contributed by atoms with Crippen LogP contribution in [0.1, 0.15) is 0 Å². The van der Waals surface area contributed by atoms with Gasteiger partial charge >= 0.3 is 35.0 Å². The number of ether oxygens (including phenoxy) is 3. The zero-order valence-corrected chi connectivity index (χ0v) is 18.4. The van der Waals surface area contributed by atoms with Crippen molar-refractivity contribution in [3.63, 3.8) is 0 Å². The number of hydrogen-bond acceptors (Lipinski definition) is 12. The average molecular weight is 484 g/mol. The summed E-state index contributed by atoms with van der Waals surface area (Å²) in [5.41, 5.74) is -2.92. The fourth-order valence-corrected chi connectivity index (χ4v) is 2.42. The summed E-state index contributed by atoms with van der Waals surface area (Å²) in [5.74, 6) is -2.53. The van der Waals surface area contributed by atoms with Crippen LogP contribution in [0.3, 0.4) is 0 Å². The van der Waals surface area contributed by atoms with Gasteiger partial charge in [0, 0.05) is 0 Å². The van der Waals surface area contributed by atoms with E-state index in [-0.39, 0.29) is 56.7 Å². The van der Waals surface area contributed by atoms with Gasteiger partial charge in [-0.05, 0) is 0 Å². The van der Waals surface area contributed by atoms with Gasteiger partial charge in [0.1, 0.15) is 19.8 Å². The van der Waals surface area contributed by atoms with Crippen LogP contribution >= 0.6 is 37.9 Å². The molecule has 0 aromatic carbocycles. The number of hydrogen-bond donors (Lipinski definition) is 3. The molecule has 0 radical (unpaired) electrons. The van der Waals surface area contributed by atoms with E-state index in [1.807, 2.05) is 0 Å². The molecule has 0 saturated heterocycles. The molecule has 30 heavy (non-hydrogen) atoms. The maximum absolute atomic E-state index is 12.6. The summed E-state index contributed by atoms with van der Waals surface area (Å²) < 4.78 is 16.5. The molecule has 0 N–H and O–H groups in total. The number of rotatable bonds is 12. The molecule has 1 aromatic heterocycles. The second-order valence-electron chi connectivity index (χ2n) is 5.44. The van der Waals surface area contributed by atoms with Gasteiger partial charge in [0.2, 0.25) is 0 Å². The van der Waals surface area contributed by atoms with Gasteiger partial charge < -0.3 is 14.2 Å². The first kappa shape index (κ1) is 25.9. The van der Waals surface area contributed by atoms with Crippen molar-refractivity contribution >= 4 is 55.8 Å². The molecular weight excluding hydrogens is 462 g/mol. The van der Waals surface area contributed by atoms with Gasteiger partial charge in [-0.15, -0.1) is 0 Å². The lowest BCUT2D eigenvalue weighted by atomic mass is 10.5. The molecule has 1 heterocycles. The van der Waals surface area contributed by atoms with Gasteiger partial charge in [0.05, 0.1) is 36.9 Å². The van der Waals surface area contributed by atoms with E-state index in [2.05, 4.69) is 37.9 Å². The number of carbonyl (C=O) groups is 3. The Labute approximate surface area is 186 Å². The third-order valence-electron chi connectivity index (χ3n) is 3.51. The maximum atomic E-state index is 12.6. The van der Waals surface area contributed by atoms with Crippen LogP contribution in [0.2, 0.25) is 0 Å². The summed E-state index contributed by atoms with van der Waals surface area (Å²) in [6.45, 7) is -1.92. The fourth-order valence-electron chi connectivity index (χ4n) is 2.15. The second-order valence-corrected chi connectivity index (χ2v) is 6.39. The van der Waals surface area contributed by atoms with Crippen molar-refractivity contribution in [3.8, 4) is 0 Å². The quantitative estimate of drug-likeness (QED) is 0.168. The van der Waals surface area contributed by atoms with Crippen LogP contribution < -0.4 is 17.1 Å². The Balaban J connectivity index is 3.20. The zero-order chi connectivity index (χ0) is 22.7. The third kappa shape index (κ3) is 7.60. The summed E-state index contributed by atoms with van der Waals surface area (Å²) in [7, 11) is 0. The van der Waals surface area contributed by atoms with Crippen LogP contribution in [-0.4, -0.2) is 68.7 Å². The Morgan fingerprint density at radius 3 is 1.00 bits per heavy atom. The van der Waals surface area contributed by atoms with Crippen molar-refractivity contribution in [2.75, 3.05) is 37.1 Å². The second kappa shape index (κ2) is 13.2. The zero-order valence-electron chi connectivity index (χ0n) is 15.7. The van der Waals surface area contributed by atoms with Crippen molar-refractivity contribution in [1.82, 2.24) is 13.7 Å². The van der Waals surface area contributed by atoms with Crippen molar-refractivity contribution in [2.45, 2.75) is 19.6 Å². The molecule has 15 heteroatoms. The third-order valence-corrected chi connectivity index (χ3v) is 4.28. The summed E-state index contributed by atoms with van der Waals surface area (Å²) in [6.07, 6.45) is 0. The SMILES string of the molecule is O=C(CS)OCCn1c(=O)n(CCOC(=O)CS)c(=O)n(CCOC(=O)CS)c1=O. The van der Waals surface area contributed by atoms with Crippen LogP contribution in [0.15, 0.2) is 14.4 Å². The van der Waals surface area contributed by atoms with E-state index in [0.717, 1.165) is 0 Å². The summed E-state index contributed by atoms with van der Waals surface area (Å²) in [5, 5.41) is 0. The topological polar surface area (TPSA) is 145 Å². The summed E-state index contributed by atoms with van der Waals surface area (Å²) >= 11 is 11.2. The molecule has 0 saturated carbocycles. The summed E-state index contributed by atoms with van der Waals surface area (Å²) in [4.78, 5) is 71.3. The van der Waals surface area contributed by atoms with Gasteiger partial charge in [0.25, 0.3) is 0 Å². The van der Waals surface area contributed by atoms with Crippen LogP contribution in [0.25, 0.3) is 0 Å². The first-order valence-corrected chi connectivity index (χ1v) is 10.4. The first-order valence-electron chi connectivity index (χ1n) is 8.50. The predicted molar refractivity (Wildman–Crippen MR) is 114 cm³/mol. The maximum Gasteiger partial charge on any atom is 0.336 e. The van der Waals surface area contributed by atoms with Gasteiger partial charge in [0.15, 0.2) is 0 Å². The minimum absolute atomic E-state index is 0.189.